The van der Waals surface area contributed by atoms with Gasteiger partial charge in [0, 0.05) is 18.9 Å². The largest absolute Gasteiger partial charge is 0.508 e. The van der Waals surface area contributed by atoms with Crippen molar-refractivity contribution in [2.45, 2.75) is 19.8 Å². The summed E-state index contributed by atoms with van der Waals surface area (Å²) in [4.78, 5) is 23.9. The van der Waals surface area contributed by atoms with Crippen molar-refractivity contribution in [2.75, 3.05) is 4.90 Å². The zero-order chi connectivity index (χ0) is 11.0. The Hall–Kier alpha value is -1.84. The summed E-state index contributed by atoms with van der Waals surface area (Å²) in [5, 5.41) is 9.48. The van der Waals surface area contributed by atoms with Crippen molar-refractivity contribution in [1.82, 2.24) is 0 Å². The highest BCUT2D eigenvalue weighted by atomic mass is 16.3. The van der Waals surface area contributed by atoms with E-state index in [-0.39, 0.29) is 30.4 Å². The van der Waals surface area contributed by atoms with Gasteiger partial charge >= 0.3 is 0 Å². The van der Waals surface area contributed by atoms with E-state index in [9.17, 15) is 14.7 Å². The van der Waals surface area contributed by atoms with Gasteiger partial charge in [0.05, 0.1) is 5.69 Å². The van der Waals surface area contributed by atoms with Gasteiger partial charge in [0.1, 0.15) is 5.75 Å². The van der Waals surface area contributed by atoms with E-state index in [2.05, 4.69) is 0 Å². The van der Waals surface area contributed by atoms with Gasteiger partial charge in [-0.25, -0.2) is 0 Å². The van der Waals surface area contributed by atoms with Crippen LogP contribution in [0.3, 0.4) is 0 Å². The summed E-state index contributed by atoms with van der Waals surface area (Å²) in [5.41, 5.74) is 1.17. The third kappa shape index (κ3) is 1.58. The molecule has 0 saturated carbocycles. The van der Waals surface area contributed by atoms with Gasteiger partial charge in [-0.15, -0.1) is 0 Å². The van der Waals surface area contributed by atoms with Gasteiger partial charge in [-0.1, -0.05) is 6.07 Å². The van der Waals surface area contributed by atoms with E-state index >= 15 is 0 Å². The average molecular weight is 205 g/mol. The van der Waals surface area contributed by atoms with Crippen molar-refractivity contribution in [3.8, 4) is 5.75 Å². The molecule has 0 radical (unpaired) electrons. The number of rotatable bonds is 1. The molecule has 1 aliphatic rings. The lowest BCUT2D eigenvalue weighted by Crippen LogP contribution is -2.28. The van der Waals surface area contributed by atoms with Gasteiger partial charge in [0.2, 0.25) is 11.8 Å². The van der Waals surface area contributed by atoms with E-state index in [1.807, 2.05) is 0 Å². The number of phenolic OH excluding ortho intramolecular Hbond substituents is 1. The zero-order valence-electron chi connectivity index (χ0n) is 8.36. The number of hydrogen-bond acceptors (Lipinski definition) is 3. The Morgan fingerprint density at radius 3 is 2.33 bits per heavy atom. The van der Waals surface area contributed by atoms with Crippen LogP contribution in [-0.2, 0) is 9.59 Å². The number of aromatic hydroxyl groups is 1. The first kappa shape index (κ1) is 9.71. The minimum absolute atomic E-state index is 0.0972. The molecule has 1 N–H and O–H groups in total. The average Bonchev–Trinajstić information content (AvgIpc) is 2.52. The molecule has 1 aromatic carbocycles. The molecule has 1 heterocycles. The Morgan fingerprint density at radius 1 is 1.20 bits per heavy atom. The zero-order valence-corrected chi connectivity index (χ0v) is 8.36. The maximum atomic E-state index is 11.4. The van der Waals surface area contributed by atoms with E-state index in [1.165, 1.54) is 6.07 Å². The highest BCUT2D eigenvalue weighted by molar-refractivity contribution is 6.19. The van der Waals surface area contributed by atoms with Crippen LogP contribution < -0.4 is 4.90 Å². The first-order valence-electron chi connectivity index (χ1n) is 4.75. The van der Waals surface area contributed by atoms with Gasteiger partial charge in [-0.05, 0) is 18.6 Å². The summed E-state index contributed by atoms with van der Waals surface area (Å²) in [6.45, 7) is 1.76. The van der Waals surface area contributed by atoms with Gasteiger partial charge < -0.3 is 5.11 Å². The van der Waals surface area contributed by atoms with Gasteiger partial charge in [-0.3, -0.25) is 14.5 Å². The summed E-state index contributed by atoms with van der Waals surface area (Å²) in [6.07, 6.45) is 0.515. The Kier molecular flexibility index (Phi) is 2.19. The van der Waals surface area contributed by atoms with Crippen LogP contribution in [0.4, 0.5) is 5.69 Å². The number of aryl methyl sites for hydroxylation is 1. The number of carbonyl (C=O) groups excluding carboxylic acids is 2. The minimum Gasteiger partial charge on any atom is -0.508 e. The number of benzene rings is 1. The van der Waals surface area contributed by atoms with Crippen LogP contribution >= 0.6 is 0 Å². The maximum Gasteiger partial charge on any atom is 0.234 e. The molecule has 4 nitrogen and oxygen atoms in total. The number of phenols is 1. The van der Waals surface area contributed by atoms with E-state index in [0.717, 1.165) is 10.5 Å². The lowest BCUT2D eigenvalue weighted by molar-refractivity contribution is -0.121. The highest BCUT2D eigenvalue weighted by Gasteiger charge is 2.30. The summed E-state index contributed by atoms with van der Waals surface area (Å²) < 4.78 is 0. The molecular formula is C11H11NO3. The second kappa shape index (κ2) is 3.38. The first-order chi connectivity index (χ1) is 7.09. The van der Waals surface area contributed by atoms with E-state index in [4.69, 9.17) is 0 Å². The van der Waals surface area contributed by atoms with Gasteiger partial charge in [0.15, 0.2) is 0 Å². The van der Waals surface area contributed by atoms with Crippen LogP contribution in [0.2, 0.25) is 0 Å². The molecule has 2 rings (SSSR count). The summed E-state index contributed by atoms with van der Waals surface area (Å²) in [7, 11) is 0. The first-order valence-corrected chi connectivity index (χ1v) is 4.75. The highest BCUT2D eigenvalue weighted by Crippen LogP contribution is 2.27. The second-order valence-corrected chi connectivity index (χ2v) is 3.59. The molecule has 78 valence electrons. The molecule has 1 aromatic rings. The van der Waals surface area contributed by atoms with Gasteiger partial charge in [0.25, 0.3) is 0 Å². The number of carbonyl (C=O) groups is 2. The fourth-order valence-corrected chi connectivity index (χ4v) is 1.60. The molecule has 0 aliphatic carbocycles. The van der Waals surface area contributed by atoms with Crippen LogP contribution in [0, 0.1) is 6.92 Å². The Morgan fingerprint density at radius 2 is 1.80 bits per heavy atom. The van der Waals surface area contributed by atoms with Crippen LogP contribution in [0.25, 0.3) is 0 Å². The molecule has 2 amide bonds. The smallest absolute Gasteiger partial charge is 0.234 e. The molecule has 0 bridgehead atoms. The van der Waals surface area contributed by atoms with Crippen LogP contribution in [-0.4, -0.2) is 16.9 Å². The number of anilines is 1. The fraction of sp³-hybridized carbons (Fsp3) is 0.273. The van der Waals surface area contributed by atoms with Crippen molar-refractivity contribution >= 4 is 17.5 Å². The molecule has 0 unspecified atom stereocenters. The van der Waals surface area contributed by atoms with Crippen LogP contribution in [0.1, 0.15) is 18.4 Å². The predicted octanol–water partition coefficient (Wildman–Crippen LogP) is 1.35. The van der Waals surface area contributed by atoms with Crippen molar-refractivity contribution in [1.29, 1.82) is 0 Å². The molecule has 4 heteroatoms. The number of nitrogens with zero attached hydrogens (tertiary/aromatic N) is 1. The lowest BCUT2D eigenvalue weighted by Gasteiger charge is -2.14. The number of amides is 2. The van der Waals surface area contributed by atoms with Crippen molar-refractivity contribution in [2.24, 2.45) is 0 Å². The SMILES string of the molecule is Cc1ccc(N2C(=O)CCC2=O)cc1O. The van der Waals surface area contributed by atoms with E-state index < -0.39 is 0 Å². The second-order valence-electron chi connectivity index (χ2n) is 3.59. The molecule has 1 fully saturated rings. The van der Waals surface area contributed by atoms with Crippen molar-refractivity contribution < 1.29 is 14.7 Å². The summed E-state index contributed by atoms with van der Waals surface area (Å²) in [5.74, 6) is -0.313. The fourth-order valence-electron chi connectivity index (χ4n) is 1.60. The van der Waals surface area contributed by atoms with Crippen LogP contribution in [0.15, 0.2) is 18.2 Å². The predicted molar refractivity (Wildman–Crippen MR) is 54.6 cm³/mol. The van der Waals surface area contributed by atoms with Crippen LogP contribution in [0.5, 0.6) is 5.75 Å². The summed E-state index contributed by atoms with van der Waals surface area (Å²) >= 11 is 0. The number of imide groups is 1. The monoisotopic (exact) mass is 205 g/mol. The maximum absolute atomic E-state index is 11.4. The Bertz CT molecular complexity index is 423. The van der Waals surface area contributed by atoms with E-state index in [0.29, 0.717) is 5.69 Å². The Balaban J connectivity index is 2.41. The third-order valence-corrected chi connectivity index (χ3v) is 2.50. The Labute approximate surface area is 87.1 Å². The standard InChI is InChI=1S/C11H11NO3/c1-7-2-3-8(6-9(7)13)12-10(14)4-5-11(12)15/h2-3,6,13H,4-5H2,1H3. The minimum atomic E-state index is -0.205. The van der Waals surface area contributed by atoms with Gasteiger partial charge in [-0.2, -0.15) is 0 Å². The molecule has 1 aliphatic heterocycles. The molecule has 1 saturated heterocycles. The van der Waals surface area contributed by atoms with Crippen molar-refractivity contribution in [3.63, 3.8) is 0 Å². The van der Waals surface area contributed by atoms with Crippen molar-refractivity contribution in [3.05, 3.63) is 23.8 Å². The normalized spacial score (nSPS) is 16.2. The quantitative estimate of drug-likeness (QED) is 0.704. The lowest BCUT2D eigenvalue weighted by atomic mass is 10.2. The topological polar surface area (TPSA) is 57.6 Å². The molecule has 0 spiro atoms. The molecule has 0 atom stereocenters. The number of hydrogen-bond donors (Lipinski definition) is 1. The summed E-state index contributed by atoms with van der Waals surface area (Å²) in [6, 6.07) is 4.79. The third-order valence-electron chi connectivity index (χ3n) is 2.50. The van der Waals surface area contributed by atoms with E-state index in [1.54, 1.807) is 19.1 Å². The molecule has 0 aromatic heterocycles. The molecular weight excluding hydrogens is 194 g/mol. The molecule has 15 heavy (non-hydrogen) atoms.